The van der Waals surface area contributed by atoms with Crippen molar-refractivity contribution in [3.8, 4) is 5.75 Å². The predicted octanol–water partition coefficient (Wildman–Crippen LogP) is 5.15. The van der Waals surface area contributed by atoms with Gasteiger partial charge in [0.05, 0.1) is 17.9 Å². The average Bonchev–Trinajstić information content (AvgIpc) is 3.08. The third-order valence-corrected chi connectivity index (χ3v) is 5.31. The largest absolute Gasteiger partial charge is 0.507 e. The Hall–Kier alpha value is -3.64. The van der Waals surface area contributed by atoms with Crippen LogP contribution in [0.15, 0.2) is 78.5 Å². The molecule has 1 saturated heterocycles. The molecule has 2 aromatic carbocycles. The molecule has 4 rings (SSSR count). The molecule has 1 aliphatic rings. The van der Waals surface area contributed by atoms with Crippen molar-refractivity contribution >= 4 is 34.7 Å². The maximum Gasteiger partial charge on any atom is 0.300 e. The highest BCUT2D eigenvalue weighted by Gasteiger charge is 2.47. The number of carbonyl (C=O) groups is 2. The van der Waals surface area contributed by atoms with E-state index in [9.17, 15) is 14.7 Å². The van der Waals surface area contributed by atoms with E-state index in [-0.39, 0.29) is 11.3 Å². The molecule has 0 saturated carbocycles. The van der Waals surface area contributed by atoms with Crippen LogP contribution < -0.4 is 9.64 Å². The SMILES string of the molecule is CCCOc1cccc(/C(O)=C2\C(=O)C(=O)N(c3cccc(Cl)c3)C2c2ccccn2)c1. The van der Waals surface area contributed by atoms with Gasteiger partial charge in [0.15, 0.2) is 0 Å². The van der Waals surface area contributed by atoms with Crippen LogP contribution in [-0.2, 0) is 9.59 Å². The molecular weight excluding hydrogens is 428 g/mol. The molecule has 0 bridgehead atoms. The summed E-state index contributed by atoms with van der Waals surface area (Å²) in [6, 6.07) is 17.8. The van der Waals surface area contributed by atoms with Gasteiger partial charge in [-0.3, -0.25) is 19.5 Å². The Morgan fingerprint density at radius 3 is 2.62 bits per heavy atom. The number of hydrogen-bond acceptors (Lipinski definition) is 5. The molecule has 1 atom stereocenters. The number of benzene rings is 2. The molecule has 6 nitrogen and oxygen atoms in total. The number of aliphatic hydroxyl groups excluding tert-OH is 1. The second-order valence-electron chi connectivity index (χ2n) is 7.28. The summed E-state index contributed by atoms with van der Waals surface area (Å²) in [6.07, 6.45) is 2.41. The summed E-state index contributed by atoms with van der Waals surface area (Å²) >= 11 is 6.14. The second kappa shape index (κ2) is 9.24. The van der Waals surface area contributed by atoms with Crippen molar-refractivity contribution in [2.24, 2.45) is 0 Å². The molecule has 1 fully saturated rings. The summed E-state index contributed by atoms with van der Waals surface area (Å²) in [5.41, 5.74) is 1.23. The predicted molar refractivity (Wildman–Crippen MR) is 123 cm³/mol. The van der Waals surface area contributed by atoms with Gasteiger partial charge in [-0.15, -0.1) is 0 Å². The quantitative estimate of drug-likeness (QED) is 0.320. The van der Waals surface area contributed by atoms with Crippen molar-refractivity contribution in [3.05, 3.63) is 94.8 Å². The number of pyridine rings is 1. The van der Waals surface area contributed by atoms with Crippen molar-refractivity contribution in [3.63, 3.8) is 0 Å². The van der Waals surface area contributed by atoms with Gasteiger partial charge in [0.25, 0.3) is 11.7 Å². The first-order chi connectivity index (χ1) is 15.5. The fourth-order valence-electron chi connectivity index (χ4n) is 3.65. The Balaban J connectivity index is 1.88. The molecule has 162 valence electrons. The van der Waals surface area contributed by atoms with E-state index in [4.69, 9.17) is 16.3 Å². The van der Waals surface area contributed by atoms with Gasteiger partial charge in [-0.05, 0) is 48.9 Å². The summed E-state index contributed by atoms with van der Waals surface area (Å²) < 4.78 is 5.65. The molecule has 1 aromatic heterocycles. The first kappa shape index (κ1) is 21.6. The smallest absolute Gasteiger partial charge is 0.300 e. The van der Waals surface area contributed by atoms with Crippen LogP contribution in [-0.4, -0.2) is 28.4 Å². The maximum atomic E-state index is 13.1. The maximum absolute atomic E-state index is 13.1. The topological polar surface area (TPSA) is 79.7 Å². The molecule has 0 aliphatic carbocycles. The van der Waals surface area contributed by atoms with Crippen LogP contribution in [0.4, 0.5) is 5.69 Å². The van der Waals surface area contributed by atoms with E-state index in [1.807, 2.05) is 6.92 Å². The number of halogens is 1. The van der Waals surface area contributed by atoms with Gasteiger partial charge < -0.3 is 9.84 Å². The third-order valence-electron chi connectivity index (χ3n) is 5.08. The Labute approximate surface area is 190 Å². The number of amides is 1. The van der Waals surface area contributed by atoms with Crippen LogP contribution in [0.5, 0.6) is 5.75 Å². The molecule has 0 spiro atoms. The molecule has 7 heteroatoms. The fourth-order valence-corrected chi connectivity index (χ4v) is 3.84. The highest BCUT2D eigenvalue weighted by molar-refractivity contribution is 6.51. The number of aromatic nitrogens is 1. The minimum atomic E-state index is -0.908. The molecule has 32 heavy (non-hydrogen) atoms. The summed E-state index contributed by atoms with van der Waals surface area (Å²) in [7, 11) is 0. The molecule has 1 N–H and O–H groups in total. The first-order valence-electron chi connectivity index (χ1n) is 10.2. The van der Waals surface area contributed by atoms with Crippen LogP contribution in [0.2, 0.25) is 5.02 Å². The van der Waals surface area contributed by atoms with Crippen LogP contribution >= 0.6 is 11.6 Å². The number of rotatable bonds is 6. The van der Waals surface area contributed by atoms with Crippen molar-refractivity contribution in [2.45, 2.75) is 19.4 Å². The number of ether oxygens (including phenoxy) is 1. The number of anilines is 1. The molecule has 1 amide bonds. The average molecular weight is 449 g/mol. The van der Waals surface area contributed by atoms with Crippen molar-refractivity contribution < 1.29 is 19.4 Å². The van der Waals surface area contributed by atoms with E-state index >= 15 is 0 Å². The second-order valence-corrected chi connectivity index (χ2v) is 7.72. The van der Waals surface area contributed by atoms with Crippen LogP contribution in [0.1, 0.15) is 30.6 Å². The van der Waals surface area contributed by atoms with Crippen LogP contribution in [0, 0.1) is 0 Å². The number of nitrogens with zero attached hydrogens (tertiary/aromatic N) is 2. The van der Waals surface area contributed by atoms with E-state index in [1.165, 1.54) is 4.90 Å². The Kier molecular flexibility index (Phi) is 6.23. The number of aliphatic hydroxyl groups is 1. The number of carbonyl (C=O) groups excluding carboxylic acids is 2. The van der Waals surface area contributed by atoms with Gasteiger partial charge in [0.2, 0.25) is 0 Å². The van der Waals surface area contributed by atoms with Gasteiger partial charge in [-0.2, -0.15) is 0 Å². The molecule has 0 radical (unpaired) electrons. The van der Waals surface area contributed by atoms with Gasteiger partial charge in [0.1, 0.15) is 17.6 Å². The van der Waals surface area contributed by atoms with E-state index in [1.54, 1.807) is 72.9 Å². The molecule has 2 heterocycles. The number of ketones is 1. The Morgan fingerprint density at radius 1 is 1.09 bits per heavy atom. The van der Waals surface area contributed by atoms with Crippen molar-refractivity contribution in [1.82, 2.24) is 4.98 Å². The highest BCUT2D eigenvalue weighted by Crippen LogP contribution is 2.42. The minimum absolute atomic E-state index is 0.0404. The standard InChI is InChI=1S/C25H21ClN2O4/c1-2-13-32-19-10-5-7-16(14-19)23(29)21-22(20-11-3-4-12-27-20)28(25(31)24(21)30)18-9-6-8-17(26)15-18/h3-12,14-15,22,29H,2,13H2,1H3/b23-21+. The van der Waals surface area contributed by atoms with Crippen LogP contribution in [0.25, 0.3) is 5.76 Å². The van der Waals surface area contributed by atoms with E-state index in [0.29, 0.717) is 34.3 Å². The zero-order valence-corrected chi connectivity index (χ0v) is 18.1. The van der Waals surface area contributed by atoms with Crippen molar-refractivity contribution in [1.29, 1.82) is 0 Å². The Morgan fingerprint density at radius 2 is 1.91 bits per heavy atom. The normalized spacial score (nSPS) is 17.6. The zero-order chi connectivity index (χ0) is 22.7. The first-order valence-corrected chi connectivity index (χ1v) is 10.6. The molecular formula is C25H21ClN2O4. The fraction of sp³-hybridized carbons (Fsp3) is 0.160. The summed E-state index contributed by atoms with van der Waals surface area (Å²) in [4.78, 5) is 31.9. The number of Topliss-reactive ketones (excluding diaryl/α,β-unsaturated/α-hetero) is 1. The minimum Gasteiger partial charge on any atom is -0.507 e. The summed E-state index contributed by atoms with van der Waals surface area (Å²) in [5.74, 6) is -1.28. The van der Waals surface area contributed by atoms with E-state index in [0.717, 1.165) is 6.42 Å². The summed E-state index contributed by atoms with van der Waals surface area (Å²) in [6.45, 7) is 2.52. The van der Waals surface area contributed by atoms with Crippen LogP contribution in [0.3, 0.4) is 0 Å². The van der Waals surface area contributed by atoms with E-state index in [2.05, 4.69) is 4.98 Å². The third kappa shape index (κ3) is 4.09. The summed E-state index contributed by atoms with van der Waals surface area (Å²) in [5, 5.41) is 11.6. The lowest BCUT2D eigenvalue weighted by Gasteiger charge is -2.24. The van der Waals surface area contributed by atoms with Gasteiger partial charge in [-0.25, -0.2) is 0 Å². The van der Waals surface area contributed by atoms with Gasteiger partial charge >= 0.3 is 0 Å². The lowest BCUT2D eigenvalue weighted by atomic mass is 9.98. The number of hydrogen-bond donors (Lipinski definition) is 1. The van der Waals surface area contributed by atoms with Gasteiger partial charge in [-0.1, -0.05) is 42.8 Å². The zero-order valence-electron chi connectivity index (χ0n) is 17.4. The monoisotopic (exact) mass is 448 g/mol. The molecule has 1 unspecified atom stereocenters. The molecule has 1 aliphatic heterocycles. The van der Waals surface area contributed by atoms with Crippen molar-refractivity contribution in [2.75, 3.05) is 11.5 Å². The Bertz CT molecular complexity index is 1190. The van der Waals surface area contributed by atoms with E-state index < -0.39 is 17.7 Å². The lowest BCUT2D eigenvalue weighted by molar-refractivity contribution is -0.132. The molecule has 3 aromatic rings. The lowest BCUT2D eigenvalue weighted by Crippen LogP contribution is -2.29. The highest BCUT2D eigenvalue weighted by atomic mass is 35.5. The van der Waals surface area contributed by atoms with Gasteiger partial charge in [0, 0.05) is 22.5 Å².